The van der Waals surface area contributed by atoms with Gasteiger partial charge in [-0.05, 0) is 19.1 Å². The molecule has 1 aromatic carbocycles. The maximum absolute atomic E-state index is 11.8. The number of benzene rings is 1. The lowest BCUT2D eigenvalue weighted by Gasteiger charge is -2.10. The molecule has 0 aliphatic carbocycles. The number of aryl methyl sites for hydroxylation is 2. The number of nitrogens with two attached hydrogens (primary N) is 1. The maximum atomic E-state index is 11.8. The fourth-order valence-corrected chi connectivity index (χ4v) is 1.86. The summed E-state index contributed by atoms with van der Waals surface area (Å²) in [6.07, 6.45) is 0. The number of methoxy groups -OCH3 is 1. The van der Waals surface area contributed by atoms with Crippen LogP contribution in [-0.4, -0.2) is 11.7 Å². The van der Waals surface area contributed by atoms with Gasteiger partial charge in [0.25, 0.3) is 5.56 Å². The second-order valence-corrected chi connectivity index (χ2v) is 3.84. The van der Waals surface area contributed by atoms with E-state index in [0.717, 1.165) is 10.9 Å². The highest BCUT2D eigenvalue weighted by atomic mass is 16.5. The molecule has 4 nitrogen and oxygen atoms in total. The van der Waals surface area contributed by atoms with Crippen LogP contribution >= 0.6 is 0 Å². The third-order valence-electron chi connectivity index (χ3n) is 2.75. The molecule has 0 atom stereocenters. The van der Waals surface area contributed by atoms with E-state index >= 15 is 0 Å². The lowest BCUT2D eigenvalue weighted by Crippen LogP contribution is -2.19. The molecule has 0 saturated carbocycles. The first kappa shape index (κ1) is 10.5. The van der Waals surface area contributed by atoms with Gasteiger partial charge in [0.05, 0.1) is 18.3 Å². The van der Waals surface area contributed by atoms with E-state index in [9.17, 15) is 4.79 Å². The Morgan fingerprint density at radius 2 is 2.00 bits per heavy atom. The molecular formula is C12H14N2O2. The summed E-state index contributed by atoms with van der Waals surface area (Å²) in [5, 5.41) is 0.943. The first-order valence-corrected chi connectivity index (χ1v) is 4.98. The Hall–Kier alpha value is -1.97. The van der Waals surface area contributed by atoms with Gasteiger partial charge in [-0.2, -0.15) is 0 Å². The van der Waals surface area contributed by atoms with E-state index < -0.39 is 0 Å². The number of fused-ring (bicyclic) bond motifs is 1. The molecule has 0 bridgehead atoms. The topological polar surface area (TPSA) is 57.2 Å². The minimum Gasteiger partial charge on any atom is -0.495 e. The summed E-state index contributed by atoms with van der Waals surface area (Å²) < 4.78 is 6.74. The first-order valence-electron chi connectivity index (χ1n) is 4.98. The summed E-state index contributed by atoms with van der Waals surface area (Å²) in [5.74, 6) is 0.589. The summed E-state index contributed by atoms with van der Waals surface area (Å²) in [5.41, 5.74) is 7.93. The third kappa shape index (κ3) is 1.43. The van der Waals surface area contributed by atoms with Gasteiger partial charge in [-0.25, -0.2) is 0 Å². The quantitative estimate of drug-likeness (QED) is 0.737. The lowest BCUT2D eigenvalue weighted by molar-refractivity contribution is 0.417. The van der Waals surface area contributed by atoms with Crippen LogP contribution in [-0.2, 0) is 7.05 Å². The zero-order chi connectivity index (χ0) is 11.9. The van der Waals surface area contributed by atoms with E-state index in [2.05, 4.69) is 0 Å². The third-order valence-corrected chi connectivity index (χ3v) is 2.75. The molecule has 16 heavy (non-hydrogen) atoms. The number of anilines is 1. The predicted octanol–water partition coefficient (Wildman–Crippen LogP) is 1.44. The summed E-state index contributed by atoms with van der Waals surface area (Å²) in [6, 6.07) is 5.44. The zero-order valence-electron chi connectivity index (χ0n) is 9.57. The zero-order valence-corrected chi connectivity index (χ0v) is 9.57. The number of aromatic nitrogens is 1. The predicted molar refractivity (Wildman–Crippen MR) is 64.9 cm³/mol. The van der Waals surface area contributed by atoms with E-state index in [-0.39, 0.29) is 5.56 Å². The van der Waals surface area contributed by atoms with E-state index in [0.29, 0.717) is 17.0 Å². The van der Waals surface area contributed by atoms with Crippen LogP contribution in [0.4, 0.5) is 5.69 Å². The standard InChI is InChI=1S/C12H14N2O2/c1-7-4-8-5-9(13)11(16-3)6-10(8)14(2)12(7)15/h4-6H,13H2,1-3H3. The van der Waals surface area contributed by atoms with Crippen LogP contribution in [0.25, 0.3) is 10.9 Å². The average molecular weight is 218 g/mol. The van der Waals surface area contributed by atoms with Crippen molar-refractivity contribution in [3.63, 3.8) is 0 Å². The number of hydrogen-bond acceptors (Lipinski definition) is 3. The van der Waals surface area contributed by atoms with Gasteiger partial charge in [0.15, 0.2) is 0 Å². The SMILES string of the molecule is COc1cc2c(cc1N)cc(C)c(=O)n2C. The first-order chi connectivity index (χ1) is 7.54. The van der Waals surface area contributed by atoms with Crippen molar-refractivity contribution in [2.45, 2.75) is 6.92 Å². The molecule has 0 amide bonds. The number of hydrogen-bond donors (Lipinski definition) is 1. The summed E-state index contributed by atoms with van der Waals surface area (Å²) in [6.45, 7) is 1.79. The van der Waals surface area contributed by atoms with Crippen LogP contribution in [0.15, 0.2) is 23.0 Å². The fourth-order valence-electron chi connectivity index (χ4n) is 1.86. The van der Waals surface area contributed by atoms with Crippen LogP contribution in [0.2, 0.25) is 0 Å². The monoisotopic (exact) mass is 218 g/mol. The number of rotatable bonds is 1. The summed E-state index contributed by atoms with van der Waals surface area (Å²) in [7, 11) is 3.30. The van der Waals surface area contributed by atoms with Gasteiger partial charge in [-0.3, -0.25) is 4.79 Å². The minimum absolute atomic E-state index is 0.000625. The lowest BCUT2D eigenvalue weighted by atomic mass is 10.1. The maximum Gasteiger partial charge on any atom is 0.253 e. The van der Waals surface area contributed by atoms with Crippen molar-refractivity contribution < 1.29 is 4.74 Å². The highest BCUT2D eigenvalue weighted by Crippen LogP contribution is 2.27. The van der Waals surface area contributed by atoms with Gasteiger partial charge < -0.3 is 15.0 Å². The molecule has 0 radical (unpaired) electrons. The van der Waals surface area contributed by atoms with Crippen molar-refractivity contribution in [3.8, 4) is 5.75 Å². The highest BCUT2D eigenvalue weighted by molar-refractivity contribution is 5.85. The molecule has 1 heterocycles. The molecule has 0 unspecified atom stereocenters. The van der Waals surface area contributed by atoms with Crippen molar-refractivity contribution in [3.05, 3.63) is 34.1 Å². The molecular weight excluding hydrogens is 204 g/mol. The molecule has 84 valence electrons. The van der Waals surface area contributed by atoms with Crippen molar-refractivity contribution >= 4 is 16.6 Å². The number of pyridine rings is 1. The van der Waals surface area contributed by atoms with Gasteiger partial charge in [0.2, 0.25) is 0 Å². The Balaban J connectivity index is 2.92. The van der Waals surface area contributed by atoms with E-state index in [1.165, 1.54) is 0 Å². The minimum atomic E-state index is -0.000625. The van der Waals surface area contributed by atoms with Crippen LogP contribution in [0.1, 0.15) is 5.56 Å². The molecule has 0 spiro atoms. The van der Waals surface area contributed by atoms with Gasteiger partial charge >= 0.3 is 0 Å². The average Bonchev–Trinajstić information content (AvgIpc) is 2.26. The summed E-state index contributed by atoms with van der Waals surface area (Å²) >= 11 is 0. The van der Waals surface area contributed by atoms with Gasteiger partial charge in [0.1, 0.15) is 5.75 Å². The number of ether oxygens (including phenoxy) is 1. The van der Waals surface area contributed by atoms with Crippen molar-refractivity contribution in [2.24, 2.45) is 7.05 Å². The Bertz CT molecular complexity index is 614. The van der Waals surface area contributed by atoms with Crippen LogP contribution < -0.4 is 16.0 Å². The Morgan fingerprint density at radius 1 is 1.31 bits per heavy atom. The van der Waals surface area contributed by atoms with Gasteiger partial charge in [0, 0.05) is 24.1 Å². The van der Waals surface area contributed by atoms with Gasteiger partial charge in [-0.15, -0.1) is 0 Å². The number of nitrogen functional groups attached to an aromatic ring is 1. The van der Waals surface area contributed by atoms with Gasteiger partial charge in [-0.1, -0.05) is 0 Å². The smallest absolute Gasteiger partial charge is 0.253 e. The van der Waals surface area contributed by atoms with Crippen LogP contribution in [0, 0.1) is 6.92 Å². The molecule has 0 fully saturated rings. The molecule has 2 rings (SSSR count). The van der Waals surface area contributed by atoms with E-state index in [4.69, 9.17) is 10.5 Å². The van der Waals surface area contributed by atoms with Crippen LogP contribution in [0.5, 0.6) is 5.75 Å². The van der Waals surface area contributed by atoms with E-state index in [1.807, 2.05) is 12.1 Å². The second kappa shape index (κ2) is 3.56. The van der Waals surface area contributed by atoms with Crippen LogP contribution in [0.3, 0.4) is 0 Å². The molecule has 1 aromatic heterocycles. The highest BCUT2D eigenvalue weighted by Gasteiger charge is 2.07. The largest absolute Gasteiger partial charge is 0.495 e. The molecule has 0 saturated heterocycles. The molecule has 4 heteroatoms. The summed E-state index contributed by atoms with van der Waals surface area (Å²) in [4.78, 5) is 11.8. The number of nitrogens with zero attached hydrogens (tertiary/aromatic N) is 1. The van der Waals surface area contributed by atoms with Crippen molar-refractivity contribution in [1.82, 2.24) is 4.57 Å². The fraction of sp³-hybridized carbons (Fsp3) is 0.250. The molecule has 0 aliphatic heterocycles. The Morgan fingerprint density at radius 3 is 2.62 bits per heavy atom. The molecule has 0 aliphatic rings. The molecule has 2 aromatic rings. The second-order valence-electron chi connectivity index (χ2n) is 3.84. The molecule has 2 N–H and O–H groups in total. The van der Waals surface area contributed by atoms with Crippen molar-refractivity contribution in [1.29, 1.82) is 0 Å². The van der Waals surface area contributed by atoms with Crippen molar-refractivity contribution in [2.75, 3.05) is 12.8 Å². The normalized spacial score (nSPS) is 10.7. The Labute approximate surface area is 93.3 Å². The van der Waals surface area contributed by atoms with E-state index in [1.54, 1.807) is 31.7 Å². The Kier molecular flexibility index (Phi) is 2.34.